The molecule has 9 heteroatoms. The minimum Gasteiger partial charge on any atom is -0.290 e. The van der Waals surface area contributed by atoms with Gasteiger partial charge in [0.15, 0.2) is 48.9 Å². The third-order valence-electron chi connectivity index (χ3n) is 17.5. The fourth-order valence-corrected chi connectivity index (χ4v) is 9.79. The van der Waals surface area contributed by atoms with Gasteiger partial charge in [-0.1, -0.05) is 288 Å². The summed E-state index contributed by atoms with van der Waals surface area (Å²) in [5.74, 6) is 0. The van der Waals surface area contributed by atoms with Gasteiger partial charge < -0.3 is 0 Å². The van der Waals surface area contributed by atoms with E-state index in [1.165, 1.54) is 5.57 Å². The molecule has 0 spiro atoms. The minimum atomic E-state index is 0.0636. The zero-order valence-corrected chi connectivity index (χ0v) is 72.6. The zero-order chi connectivity index (χ0) is 87.6. The largest absolute Gasteiger partial charge is 0.290 e. The standard InChI is InChI=1S/8C12H14O.C12H12O/c1-9(2)7-11-6-4-5-10(3)12(13)8-11;2*1-4-9(2)11-7-5-6-10(3)12(13)8-11;6*1-3-4-7-11-8-5-6-10(2)12(13)9-11/h2*4-8H,1-3H3;5-8H,2,4H2,1,3H3;2*4-9H,3H2,1-2H3;2*3-6,8-9H,7H2,1-2H3;3,5-6,8-9H,1,4,7H2,2H3;3-9H,1H2,2H3/b;9-4+;;7-4+;7-4-;4-3+;4-3-;;7-4+. The highest BCUT2D eigenvalue weighted by Gasteiger charge is 2.01. The lowest BCUT2D eigenvalue weighted by atomic mass is 10.1. The second kappa shape index (κ2) is 60.0. The molecule has 0 bridgehead atoms. The van der Waals surface area contributed by atoms with E-state index in [1.54, 1.807) is 60.7 Å². The van der Waals surface area contributed by atoms with E-state index >= 15 is 0 Å². The molecule has 117 heavy (non-hydrogen) atoms. The summed E-state index contributed by atoms with van der Waals surface area (Å²) in [6, 6.07) is 66.4. The van der Waals surface area contributed by atoms with Crippen LogP contribution in [-0.4, -0.2) is 0 Å². The van der Waals surface area contributed by atoms with Crippen LogP contribution >= 0.6 is 0 Å². The Labute approximate surface area is 697 Å². The first-order chi connectivity index (χ1) is 55.8. The molecule has 0 aromatic heterocycles. The Kier molecular flexibility index (Phi) is 52.6. The predicted octanol–water partition coefficient (Wildman–Crippen LogP) is 23.9. The van der Waals surface area contributed by atoms with E-state index in [1.807, 2.05) is 354 Å². The highest BCUT2D eigenvalue weighted by Crippen LogP contribution is 2.14. The molecule has 0 heterocycles. The quantitative estimate of drug-likeness (QED) is 0.0640. The van der Waals surface area contributed by atoms with Gasteiger partial charge in [-0.05, 0) is 315 Å². The topological polar surface area (TPSA) is 154 Å². The summed E-state index contributed by atoms with van der Waals surface area (Å²) < 4.78 is 0. The van der Waals surface area contributed by atoms with Gasteiger partial charge in [0.05, 0.1) is 0 Å². The van der Waals surface area contributed by atoms with Crippen molar-refractivity contribution in [2.75, 3.05) is 0 Å². The molecule has 0 N–H and O–H groups in total. The highest BCUT2D eigenvalue weighted by atomic mass is 16.1. The van der Waals surface area contributed by atoms with Crippen LogP contribution in [0.4, 0.5) is 0 Å². The average molecular weight is 1570 g/mol. The number of aryl methyl sites for hydroxylation is 10. The van der Waals surface area contributed by atoms with Crippen LogP contribution in [0.15, 0.2) is 348 Å². The van der Waals surface area contributed by atoms with Crippen molar-refractivity contribution in [3.05, 3.63) is 497 Å². The normalized spacial score (nSPS) is 10.3. The summed E-state index contributed by atoms with van der Waals surface area (Å²) in [6.07, 6.45) is 33.7. The fourth-order valence-electron chi connectivity index (χ4n) is 9.79. The Morgan fingerprint density at radius 1 is 0.333 bits per heavy atom. The lowest BCUT2D eigenvalue weighted by Gasteiger charge is -1.96. The van der Waals surface area contributed by atoms with Crippen LogP contribution in [0.2, 0.25) is 0 Å². The van der Waals surface area contributed by atoms with Crippen LogP contribution in [0.1, 0.15) is 188 Å². The number of rotatable bonds is 17. The van der Waals surface area contributed by atoms with Crippen molar-refractivity contribution in [2.45, 2.75) is 170 Å². The summed E-state index contributed by atoms with van der Waals surface area (Å²) in [6.45, 7) is 45.7. The van der Waals surface area contributed by atoms with Crippen LogP contribution in [0.25, 0.3) is 35.5 Å². The Bertz CT molecular complexity index is 5370. The summed E-state index contributed by atoms with van der Waals surface area (Å²) in [5.41, 5.74) is 20.3. The molecule has 9 aromatic rings. The molecule has 0 aliphatic heterocycles. The van der Waals surface area contributed by atoms with E-state index in [2.05, 4.69) is 33.6 Å². The molecular formula is C108H124O9. The summed E-state index contributed by atoms with van der Waals surface area (Å²) >= 11 is 0. The first kappa shape index (κ1) is 102. The second-order valence-electron chi connectivity index (χ2n) is 27.8. The lowest BCUT2D eigenvalue weighted by Crippen LogP contribution is -1.99. The monoisotopic (exact) mass is 1560 g/mol. The van der Waals surface area contributed by atoms with Crippen molar-refractivity contribution in [3.63, 3.8) is 0 Å². The molecule has 0 saturated heterocycles. The molecule has 0 atom stereocenters. The van der Waals surface area contributed by atoms with E-state index in [9.17, 15) is 43.2 Å². The molecule has 0 aliphatic carbocycles. The van der Waals surface area contributed by atoms with Crippen LogP contribution in [0, 0.1) is 62.3 Å². The third-order valence-corrected chi connectivity index (χ3v) is 17.5. The molecule has 0 aliphatic rings. The van der Waals surface area contributed by atoms with Crippen LogP contribution < -0.4 is 48.9 Å². The molecule has 9 nitrogen and oxygen atoms in total. The van der Waals surface area contributed by atoms with Crippen LogP contribution in [0.3, 0.4) is 0 Å². The van der Waals surface area contributed by atoms with Crippen molar-refractivity contribution in [2.24, 2.45) is 0 Å². The van der Waals surface area contributed by atoms with E-state index in [4.69, 9.17) is 0 Å². The van der Waals surface area contributed by atoms with Gasteiger partial charge >= 0.3 is 0 Å². The maximum atomic E-state index is 11.4. The minimum absolute atomic E-state index is 0.0636. The molecule has 9 rings (SSSR count). The molecule has 610 valence electrons. The first-order valence-electron chi connectivity index (χ1n) is 39.7. The number of hydrogen-bond acceptors (Lipinski definition) is 9. The van der Waals surface area contributed by atoms with Crippen molar-refractivity contribution >= 4 is 35.5 Å². The lowest BCUT2D eigenvalue weighted by molar-refractivity contribution is 1.00. The molecule has 9 aromatic carbocycles. The Hall–Kier alpha value is -12.6. The van der Waals surface area contributed by atoms with E-state index in [0.29, 0.717) is 0 Å². The van der Waals surface area contributed by atoms with Crippen molar-refractivity contribution < 1.29 is 0 Å². The van der Waals surface area contributed by atoms with Gasteiger partial charge in [0, 0.05) is 0 Å². The van der Waals surface area contributed by atoms with E-state index < -0.39 is 0 Å². The van der Waals surface area contributed by atoms with Crippen molar-refractivity contribution in [1.82, 2.24) is 0 Å². The van der Waals surface area contributed by atoms with Crippen molar-refractivity contribution in [3.8, 4) is 0 Å². The maximum absolute atomic E-state index is 11.4. The maximum Gasteiger partial charge on any atom is 0.182 e. The van der Waals surface area contributed by atoms with Gasteiger partial charge in [-0.25, -0.2) is 0 Å². The molecule has 0 unspecified atom stereocenters. The third kappa shape index (κ3) is 45.2. The van der Waals surface area contributed by atoms with Gasteiger partial charge in [-0.3, -0.25) is 43.2 Å². The molecule has 0 saturated carbocycles. The second-order valence-corrected chi connectivity index (χ2v) is 27.8. The van der Waals surface area contributed by atoms with Gasteiger partial charge in [0.2, 0.25) is 0 Å². The Balaban J connectivity index is 0.000000658. The number of allylic oxidation sites excluding steroid dienone is 13. The SMILES string of the molecule is C/C=C(\C)c1cccc(C)c(=O)c1.C/C=C/Cc1cccc(C)c(=O)c1.C/C=C\Cc1cccc(C)c(=O)c1.C=C(CC)c1cccc(C)c(=O)c1.C=C/C=C/c1cccc(C)c(=O)c1.C=CCCc1cccc(C)c(=O)c1.CC(C)=Cc1cccc(C)c(=O)c1.CC/C=C/c1cccc(C)c(=O)c1.CC/C=C\c1cccc(C)c(=O)c1. The smallest absolute Gasteiger partial charge is 0.182 e. The van der Waals surface area contributed by atoms with E-state index in [0.717, 1.165) is 156 Å². The number of hydrogen-bond donors (Lipinski definition) is 0. The summed E-state index contributed by atoms with van der Waals surface area (Å²) in [4.78, 5) is 102. The van der Waals surface area contributed by atoms with Crippen molar-refractivity contribution in [1.29, 1.82) is 0 Å². The summed E-state index contributed by atoms with van der Waals surface area (Å²) in [5, 5.41) is 0. The van der Waals surface area contributed by atoms with Gasteiger partial charge in [-0.15, -0.1) is 6.58 Å². The van der Waals surface area contributed by atoms with Gasteiger partial charge in [-0.2, -0.15) is 0 Å². The van der Waals surface area contributed by atoms with Crippen LogP contribution in [0.5, 0.6) is 0 Å². The zero-order valence-electron chi connectivity index (χ0n) is 72.6. The molecule has 0 fully saturated rings. The Morgan fingerprint density at radius 3 is 0.949 bits per heavy atom. The highest BCUT2D eigenvalue weighted by molar-refractivity contribution is 5.64. The van der Waals surface area contributed by atoms with Crippen LogP contribution in [-0.2, 0) is 19.3 Å². The molecular weight excluding hydrogens is 1440 g/mol. The average Bonchev–Trinajstić information content (AvgIpc) is 1.80. The summed E-state index contributed by atoms with van der Waals surface area (Å²) in [7, 11) is 0. The molecule has 0 amide bonds. The van der Waals surface area contributed by atoms with E-state index in [-0.39, 0.29) is 48.9 Å². The molecule has 0 radical (unpaired) electrons. The predicted molar refractivity (Wildman–Crippen MR) is 508 cm³/mol. The Morgan fingerprint density at radius 2 is 0.624 bits per heavy atom. The van der Waals surface area contributed by atoms with Gasteiger partial charge in [0.1, 0.15) is 0 Å². The first-order valence-corrected chi connectivity index (χ1v) is 39.7. The van der Waals surface area contributed by atoms with Gasteiger partial charge in [0.25, 0.3) is 0 Å². The fraction of sp³-hybridized carbons (Fsp3) is 0.231.